The molecule has 144 valence electrons. The van der Waals surface area contributed by atoms with Crippen LogP contribution in [0.2, 0.25) is 5.02 Å². The van der Waals surface area contributed by atoms with Gasteiger partial charge in [-0.2, -0.15) is 0 Å². The summed E-state index contributed by atoms with van der Waals surface area (Å²) in [5.74, 6) is -1.45. The van der Waals surface area contributed by atoms with Crippen molar-refractivity contribution < 1.29 is 23.8 Å². The van der Waals surface area contributed by atoms with Crippen LogP contribution in [0.5, 0.6) is 5.75 Å². The number of benzene rings is 1. The van der Waals surface area contributed by atoms with Gasteiger partial charge in [0, 0.05) is 36.4 Å². The van der Waals surface area contributed by atoms with Gasteiger partial charge < -0.3 is 24.0 Å². The number of likely N-dealkylation sites (tertiary alicyclic amines) is 1. The second-order valence-corrected chi connectivity index (χ2v) is 7.03. The number of hydrogen-bond acceptors (Lipinski definition) is 6. The van der Waals surface area contributed by atoms with E-state index in [1.807, 2.05) is 0 Å². The number of ether oxygens (including phenoxy) is 1. The lowest BCUT2D eigenvalue weighted by Gasteiger charge is -2.32. The fourth-order valence-corrected chi connectivity index (χ4v) is 3.62. The number of aliphatic carboxylic acids is 1. The normalized spacial score (nSPS) is 15.1. The molecule has 0 saturated carbocycles. The second kappa shape index (κ2) is 7.60. The van der Waals surface area contributed by atoms with E-state index in [0.717, 1.165) is 0 Å². The number of piperidine rings is 1. The molecule has 1 aromatic heterocycles. The standard InChI is InChI=1S/C19H20ClNO6/c1-10-12-7-14(20)16(26-2)9-15(12)27-19(25)13(10)8-17(22)21-5-3-11(4-6-21)18(23)24/h7,9,11H,3-6,8H2,1-2H3,(H,23,24)/p-1. The molecule has 1 aromatic carbocycles. The zero-order valence-electron chi connectivity index (χ0n) is 15.0. The summed E-state index contributed by atoms with van der Waals surface area (Å²) in [6.45, 7) is 2.41. The first-order valence-electron chi connectivity index (χ1n) is 8.60. The van der Waals surface area contributed by atoms with E-state index in [1.54, 1.807) is 24.0 Å². The summed E-state index contributed by atoms with van der Waals surface area (Å²) in [5.41, 5.74) is 0.659. The number of rotatable bonds is 4. The predicted octanol–water partition coefficient (Wildman–Crippen LogP) is 1.29. The summed E-state index contributed by atoms with van der Waals surface area (Å²) < 4.78 is 10.5. The highest BCUT2D eigenvalue weighted by atomic mass is 35.5. The number of amides is 1. The Kier molecular flexibility index (Phi) is 5.41. The molecule has 0 N–H and O–H groups in total. The monoisotopic (exact) mass is 392 g/mol. The fraction of sp³-hybridized carbons (Fsp3) is 0.421. The number of aryl methyl sites for hydroxylation is 1. The molecule has 1 aliphatic rings. The maximum Gasteiger partial charge on any atom is 0.340 e. The van der Waals surface area contributed by atoms with Crippen LogP contribution in [-0.4, -0.2) is 37.0 Å². The molecule has 2 aromatic rings. The van der Waals surface area contributed by atoms with E-state index in [4.69, 9.17) is 20.8 Å². The number of fused-ring (bicyclic) bond motifs is 1. The van der Waals surface area contributed by atoms with Gasteiger partial charge in [0.05, 0.1) is 24.1 Å². The molecular formula is C19H19ClNO6-. The third-order valence-electron chi connectivity index (χ3n) is 5.07. The third kappa shape index (κ3) is 3.78. The summed E-state index contributed by atoms with van der Waals surface area (Å²) >= 11 is 6.16. The van der Waals surface area contributed by atoms with E-state index < -0.39 is 17.5 Å². The summed E-state index contributed by atoms with van der Waals surface area (Å²) in [6.07, 6.45) is 0.604. The van der Waals surface area contributed by atoms with Gasteiger partial charge >= 0.3 is 5.63 Å². The number of halogens is 1. The van der Waals surface area contributed by atoms with Crippen LogP contribution in [0.4, 0.5) is 0 Å². The van der Waals surface area contributed by atoms with Crippen LogP contribution in [0.1, 0.15) is 24.0 Å². The highest BCUT2D eigenvalue weighted by Gasteiger charge is 2.25. The van der Waals surface area contributed by atoms with Crippen LogP contribution in [0, 0.1) is 12.8 Å². The van der Waals surface area contributed by atoms with E-state index in [1.165, 1.54) is 7.11 Å². The van der Waals surface area contributed by atoms with Gasteiger partial charge in [-0.25, -0.2) is 4.79 Å². The molecule has 7 nitrogen and oxygen atoms in total. The Labute approximate surface area is 160 Å². The van der Waals surface area contributed by atoms with Crippen molar-refractivity contribution in [3.63, 3.8) is 0 Å². The van der Waals surface area contributed by atoms with Gasteiger partial charge in [0.1, 0.15) is 11.3 Å². The molecule has 0 spiro atoms. The average Bonchev–Trinajstić information content (AvgIpc) is 2.65. The van der Waals surface area contributed by atoms with E-state index in [-0.39, 0.29) is 17.9 Å². The highest BCUT2D eigenvalue weighted by Crippen LogP contribution is 2.31. The Bertz CT molecular complexity index is 959. The summed E-state index contributed by atoms with van der Waals surface area (Å²) in [7, 11) is 1.47. The summed E-state index contributed by atoms with van der Waals surface area (Å²) in [6, 6.07) is 3.19. The minimum absolute atomic E-state index is 0.107. The minimum atomic E-state index is -1.08. The first-order valence-corrected chi connectivity index (χ1v) is 8.98. The molecule has 1 saturated heterocycles. The van der Waals surface area contributed by atoms with Crippen LogP contribution in [-0.2, 0) is 16.0 Å². The van der Waals surface area contributed by atoms with E-state index in [9.17, 15) is 19.5 Å². The lowest BCUT2D eigenvalue weighted by atomic mass is 9.96. The van der Waals surface area contributed by atoms with Crippen LogP contribution in [0.25, 0.3) is 11.0 Å². The number of carboxylic acid groups (broad SMARTS) is 1. The third-order valence-corrected chi connectivity index (χ3v) is 5.36. The Hall–Kier alpha value is -2.54. The topological polar surface area (TPSA) is 99.9 Å². The average molecular weight is 393 g/mol. The van der Waals surface area contributed by atoms with E-state index in [2.05, 4.69) is 0 Å². The molecule has 3 rings (SSSR count). The number of carboxylic acids is 1. The number of nitrogens with zero attached hydrogens (tertiary/aromatic N) is 1. The Morgan fingerprint density at radius 3 is 2.59 bits per heavy atom. The van der Waals surface area contributed by atoms with Crippen molar-refractivity contribution in [1.82, 2.24) is 4.90 Å². The molecular weight excluding hydrogens is 374 g/mol. The lowest BCUT2D eigenvalue weighted by molar-refractivity contribution is -0.312. The molecule has 2 heterocycles. The summed E-state index contributed by atoms with van der Waals surface area (Å²) in [5, 5.41) is 11.9. The Morgan fingerprint density at radius 2 is 2.00 bits per heavy atom. The van der Waals surface area contributed by atoms with Crippen LogP contribution >= 0.6 is 11.6 Å². The van der Waals surface area contributed by atoms with Crippen LogP contribution in [0.15, 0.2) is 21.3 Å². The van der Waals surface area contributed by atoms with Gasteiger partial charge in [-0.3, -0.25) is 4.79 Å². The molecule has 0 radical (unpaired) electrons. The SMILES string of the molecule is COc1cc2oc(=O)c(CC(=O)N3CCC(C(=O)[O-])CC3)c(C)c2cc1Cl. The molecule has 1 amide bonds. The lowest BCUT2D eigenvalue weighted by Crippen LogP contribution is -2.44. The van der Waals surface area contributed by atoms with Gasteiger partial charge in [-0.15, -0.1) is 0 Å². The Morgan fingerprint density at radius 1 is 1.33 bits per heavy atom. The number of hydrogen-bond donors (Lipinski definition) is 0. The largest absolute Gasteiger partial charge is 0.550 e. The molecule has 0 atom stereocenters. The van der Waals surface area contributed by atoms with Crippen molar-refractivity contribution in [2.45, 2.75) is 26.2 Å². The van der Waals surface area contributed by atoms with Crippen molar-refractivity contribution in [3.05, 3.63) is 38.7 Å². The van der Waals surface area contributed by atoms with Crippen LogP contribution < -0.4 is 15.5 Å². The molecule has 0 aliphatic carbocycles. The molecule has 0 bridgehead atoms. The Balaban J connectivity index is 1.86. The van der Waals surface area contributed by atoms with E-state index >= 15 is 0 Å². The fourth-order valence-electron chi connectivity index (χ4n) is 3.38. The second-order valence-electron chi connectivity index (χ2n) is 6.63. The van der Waals surface area contributed by atoms with E-state index in [0.29, 0.717) is 53.2 Å². The molecule has 0 unspecified atom stereocenters. The van der Waals surface area contributed by atoms with Crippen LogP contribution in [0.3, 0.4) is 0 Å². The maximum atomic E-state index is 12.6. The zero-order chi connectivity index (χ0) is 19.7. The molecule has 1 aliphatic heterocycles. The quantitative estimate of drug-likeness (QED) is 0.727. The smallest absolute Gasteiger partial charge is 0.340 e. The minimum Gasteiger partial charge on any atom is -0.550 e. The highest BCUT2D eigenvalue weighted by molar-refractivity contribution is 6.32. The predicted molar refractivity (Wildman–Crippen MR) is 96.8 cm³/mol. The van der Waals surface area contributed by atoms with Gasteiger partial charge in [0.2, 0.25) is 5.91 Å². The number of carbonyl (C=O) groups excluding carboxylic acids is 2. The first-order chi connectivity index (χ1) is 12.8. The van der Waals surface area contributed by atoms with Crippen molar-refractivity contribution >= 4 is 34.4 Å². The zero-order valence-corrected chi connectivity index (χ0v) is 15.8. The van der Waals surface area contributed by atoms with Crippen molar-refractivity contribution in [2.75, 3.05) is 20.2 Å². The maximum absolute atomic E-state index is 12.6. The molecule has 8 heteroatoms. The van der Waals surface area contributed by atoms with Crippen molar-refractivity contribution in [2.24, 2.45) is 5.92 Å². The first kappa shape index (κ1) is 19.2. The van der Waals surface area contributed by atoms with Crippen molar-refractivity contribution in [3.8, 4) is 5.75 Å². The van der Waals surface area contributed by atoms with Crippen molar-refractivity contribution in [1.29, 1.82) is 0 Å². The summed E-state index contributed by atoms with van der Waals surface area (Å²) in [4.78, 5) is 37.5. The molecule has 27 heavy (non-hydrogen) atoms. The van der Waals surface area contributed by atoms with Gasteiger partial charge in [-0.1, -0.05) is 11.6 Å². The molecule has 1 fully saturated rings. The van der Waals surface area contributed by atoms with Gasteiger partial charge in [-0.05, 0) is 31.4 Å². The number of methoxy groups -OCH3 is 1. The number of carbonyl (C=O) groups is 2. The van der Waals surface area contributed by atoms with Gasteiger partial charge in [0.25, 0.3) is 0 Å². The van der Waals surface area contributed by atoms with Gasteiger partial charge in [0.15, 0.2) is 0 Å².